The molecular formula is C12H10INO. The van der Waals surface area contributed by atoms with E-state index < -0.39 is 0 Å². The van der Waals surface area contributed by atoms with Crippen LogP contribution >= 0.6 is 22.6 Å². The van der Waals surface area contributed by atoms with E-state index in [4.69, 9.17) is 4.74 Å². The molecule has 0 bridgehead atoms. The summed E-state index contributed by atoms with van der Waals surface area (Å²) in [6.07, 6.45) is 3.54. The lowest BCUT2D eigenvalue weighted by Crippen LogP contribution is -1.95. The van der Waals surface area contributed by atoms with Gasteiger partial charge in [0.2, 0.25) is 0 Å². The number of benzene rings is 1. The monoisotopic (exact) mass is 311 g/mol. The summed E-state index contributed by atoms with van der Waals surface area (Å²) >= 11 is 2.27. The van der Waals surface area contributed by atoms with Gasteiger partial charge in [0.1, 0.15) is 12.4 Å². The van der Waals surface area contributed by atoms with E-state index in [0.717, 1.165) is 11.3 Å². The van der Waals surface area contributed by atoms with Gasteiger partial charge < -0.3 is 4.74 Å². The van der Waals surface area contributed by atoms with Gasteiger partial charge >= 0.3 is 0 Å². The Morgan fingerprint density at radius 1 is 1.13 bits per heavy atom. The zero-order valence-corrected chi connectivity index (χ0v) is 10.2. The van der Waals surface area contributed by atoms with E-state index in [1.54, 1.807) is 12.4 Å². The van der Waals surface area contributed by atoms with E-state index in [9.17, 15) is 0 Å². The van der Waals surface area contributed by atoms with Crippen LogP contribution in [0.15, 0.2) is 48.8 Å². The van der Waals surface area contributed by atoms with Crippen LogP contribution < -0.4 is 4.74 Å². The number of rotatable bonds is 3. The fraction of sp³-hybridized carbons (Fsp3) is 0.0833. The Bertz CT molecular complexity index is 431. The Morgan fingerprint density at radius 3 is 2.67 bits per heavy atom. The number of nitrogens with zero attached hydrogens (tertiary/aromatic N) is 1. The zero-order chi connectivity index (χ0) is 10.5. The highest BCUT2D eigenvalue weighted by Crippen LogP contribution is 2.16. The van der Waals surface area contributed by atoms with Gasteiger partial charge in [0.25, 0.3) is 0 Å². The summed E-state index contributed by atoms with van der Waals surface area (Å²) < 4.78 is 6.82. The summed E-state index contributed by atoms with van der Waals surface area (Å²) in [5.74, 6) is 0.902. The highest BCUT2D eigenvalue weighted by atomic mass is 127. The highest BCUT2D eigenvalue weighted by molar-refractivity contribution is 14.1. The molecule has 2 rings (SSSR count). The Labute approximate surface area is 102 Å². The van der Waals surface area contributed by atoms with E-state index >= 15 is 0 Å². The lowest BCUT2D eigenvalue weighted by atomic mass is 10.3. The normalized spacial score (nSPS) is 9.93. The summed E-state index contributed by atoms with van der Waals surface area (Å²) in [7, 11) is 0. The molecule has 3 heteroatoms. The van der Waals surface area contributed by atoms with E-state index in [1.165, 1.54) is 3.57 Å². The fourth-order valence-electron chi connectivity index (χ4n) is 1.20. The van der Waals surface area contributed by atoms with E-state index in [-0.39, 0.29) is 0 Å². The van der Waals surface area contributed by atoms with Gasteiger partial charge in [0, 0.05) is 16.0 Å². The predicted octanol–water partition coefficient (Wildman–Crippen LogP) is 3.27. The maximum atomic E-state index is 5.64. The quantitative estimate of drug-likeness (QED) is 0.812. The van der Waals surface area contributed by atoms with Crippen LogP contribution in [0.5, 0.6) is 5.75 Å². The molecule has 0 aliphatic carbocycles. The van der Waals surface area contributed by atoms with Crippen molar-refractivity contribution < 1.29 is 4.74 Å². The maximum absolute atomic E-state index is 5.64. The highest BCUT2D eigenvalue weighted by Gasteiger charge is 1.95. The third-order valence-electron chi connectivity index (χ3n) is 1.95. The number of halogens is 1. The number of hydrogen-bond acceptors (Lipinski definition) is 2. The second-order valence-corrected chi connectivity index (χ2v) is 4.35. The summed E-state index contributed by atoms with van der Waals surface area (Å²) in [4.78, 5) is 3.96. The second-order valence-electron chi connectivity index (χ2n) is 3.10. The molecule has 76 valence electrons. The van der Waals surface area contributed by atoms with Gasteiger partial charge in [-0.05, 0) is 58.5 Å². The number of pyridine rings is 1. The average molecular weight is 311 g/mol. The van der Waals surface area contributed by atoms with Gasteiger partial charge in [-0.2, -0.15) is 0 Å². The minimum atomic E-state index is 0.586. The Kier molecular flexibility index (Phi) is 3.55. The molecule has 0 saturated carbocycles. The van der Waals surface area contributed by atoms with Crippen LogP contribution in [-0.2, 0) is 6.61 Å². The molecule has 0 atom stereocenters. The van der Waals surface area contributed by atoms with Crippen molar-refractivity contribution in [3.63, 3.8) is 0 Å². The topological polar surface area (TPSA) is 22.1 Å². The molecule has 1 heterocycles. The van der Waals surface area contributed by atoms with Crippen molar-refractivity contribution in [1.82, 2.24) is 4.98 Å². The van der Waals surface area contributed by atoms with Crippen LogP contribution in [-0.4, -0.2) is 4.98 Å². The van der Waals surface area contributed by atoms with E-state index in [0.29, 0.717) is 6.61 Å². The third-order valence-corrected chi connectivity index (χ3v) is 2.62. The first-order chi connectivity index (χ1) is 7.34. The first-order valence-electron chi connectivity index (χ1n) is 4.62. The van der Waals surface area contributed by atoms with Crippen LogP contribution in [0.25, 0.3) is 0 Å². The molecule has 0 N–H and O–H groups in total. The van der Waals surface area contributed by atoms with E-state index in [1.807, 2.05) is 36.4 Å². The third kappa shape index (κ3) is 3.20. The summed E-state index contributed by atoms with van der Waals surface area (Å²) in [6.45, 7) is 0.586. The summed E-state index contributed by atoms with van der Waals surface area (Å²) in [5, 5.41) is 0. The molecular weight excluding hydrogens is 301 g/mol. The number of ether oxygens (including phenoxy) is 1. The summed E-state index contributed by atoms with van der Waals surface area (Å²) in [6, 6.07) is 11.9. The Morgan fingerprint density at radius 2 is 1.93 bits per heavy atom. The first-order valence-corrected chi connectivity index (χ1v) is 5.70. The van der Waals surface area contributed by atoms with Gasteiger partial charge in [-0.25, -0.2) is 0 Å². The predicted molar refractivity (Wildman–Crippen MR) is 67.7 cm³/mol. The lowest BCUT2D eigenvalue weighted by molar-refractivity contribution is 0.306. The standard InChI is InChI=1S/C12H10INO/c13-11-2-1-3-12(8-11)15-9-10-4-6-14-7-5-10/h1-8H,9H2. The van der Waals surface area contributed by atoms with Crippen LogP contribution in [0, 0.1) is 3.57 Å². The SMILES string of the molecule is Ic1cccc(OCc2ccncc2)c1. The molecule has 0 unspecified atom stereocenters. The van der Waals surface area contributed by atoms with Crippen molar-refractivity contribution in [2.24, 2.45) is 0 Å². The van der Waals surface area contributed by atoms with Crippen molar-refractivity contribution in [3.05, 3.63) is 57.9 Å². The average Bonchev–Trinajstić information content (AvgIpc) is 2.28. The van der Waals surface area contributed by atoms with Crippen molar-refractivity contribution in [2.75, 3.05) is 0 Å². The van der Waals surface area contributed by atoms with Crippen LogP contribution in [0.4, 0.5) is 0 Å². The number of aromatic nitrogens is 1. The molecule has 0 spiro atoms. The van der Waals surface area contributed by atoms with Gasteiger partial charge in [-0.15, -0.1) is 0 Å². The molecule has 0 fully saturated rings. The summed E-state index contributed by atoms with van der Waals surface area (Å²) in [5.41, 5.74) is 1.13. The van der Waals surface area contributed by atoms with Crippen molar-refractivity contribution >= 4 is 22.6 Å². The zero-order valence-electron chi connectivity index (χ0n) is 8.06. The second kappa shape index (κ2) is 5.11. The first kappa shape index (κ1) is 10.4. The molecule has 2 aromatic rings. The van der Waals surface area contributed by atoms with Crippen molar-refractivity contribution in [2.45, 2.75) is 6.61 Å². The van der Waals surface area contributed by atoms with Gasteiger partial charge in [0.15, 0.2) is 0 Å². The fourth-order valence-corrected chi connectivity index (χ4v) is 1.72. The minimum absolute atomic E-state index is 0.586. The van der Waals surface area contributed by atoms with Gasteiger partial charge in [-0.3, -0.25) is 4.98 Å². The maximum Gasteiger partial charge on any atom is 0.120 e. The smallest absolute Gasteiger partial charge is 0.120 e. The molecule has 1 aromatic heterocycles. The van der Waals surface area contributed by atoms with Crippen LogP contribution in [0.3, 0.4) is 0 Å². The molecule has 2 nitrogen and oxygen atoms in total. The van der Waals surface area contributed by atoms with E-state index in [2.05, 4.69) is 27.6 Å². The molecule has 0 radical (unpaired) electrons. The minimum Gasteiger partial charge on any atom is -0.489 e. The molecule has 0 amide bonds. The van der Waals surface area contributed by atoms with Crippen molar-refractivity contribution in [1.29, 1.82) is 0 Å². The largest absolute Gasteiger partial charge is 0.489 e. The molecule has 15 heavy (non-hydrogen) atoms. The molecule has 0 saturated heterocycles. The van der Waals surface area contributed by atoms with Gasteiger partial charge in [0.05, 0.1) is 0 Å². The Balaban J connectivity index is 1.99. The van der Waals surface area contributed by atoms with Crippen LogP contribution in [0.2, 0.25) is 0 Å². The van der Waals surface area contributed by atoms with Gasteiger partial charge in [-0.1, -0.05) is 6.07 Å². The molecule has 0 aliphatic heterocycles. The Hall–Kier alpha value is -1.10. The lowest BCUT2D eigenvalue weighted by Gasteiger charge is -2.05. The van der Waals surface area contributed by atoms with Crippen LogP contribution in [0.1, 0.15) is 5.56 Å². The molecule has 0 aliphatic rings. The molecule has 1 aromatic carbocycles. The van der Waals surface area contributed by atoms with Crippen molar-refractivity contribution in [3.8, 4) is 5.75 Å². The number of hydrogen-bond donors (Lipinski definition) is 0.